The van der Waals surface area contributed by atoms with Gasteiger partial charge in [-0.2, -0.15) is 0 Å². The van der Waals surface area contributed by atoms with Gasteiger partial charge in [-0.1, -0.05) is 65.3 Å². The van der Waals surface area contributed by atoms with Crippen LogP contribution in [0.25, 0.3) is 0 Å². The highest BCUT2D eigenvalue weighted by Crippen LogP contribution is 2.24. The van der Waals surface area contributed by atoms with E-state index in [1.54, 1.807) is 0 Å². The lowest BCUT2D eigenvalue weighted by Gasteiger charge is -2.12. The van der Waals surface area contributed by atoms with E-state index in [2.05, 4.69) is 15.9 Å². The second-order valence-electron chi connectivity index (χ2n) is 3.50. The summed E-state index contributed by atoms with van der Waals surface area (Å²) in [6, 6.07) is 17.8. The predicted octanol–water partition coefficient (Wildman–Crippen LogP) is 4.60. The molecule has 0 aliphatic heterocycles. The number of hydrogen-bond donors (Lipinski definition) is 0. The second-order valence-corrected chi connectivity index (χ2v) is 4.41. The lowest BCUT2D eigenvalue weighted by atomic mass is 9.93. The molecule has 1 unspecified atom stereocenters. The molecule has 2 aromatic carbocycles. The summed E-state index contributed by atoms with van der Waals surface area (Å²) in [5.41, 5.74) is 2.01. The summed E-state index contributed by atoms with van der Waals surface area (Å²) < 4.78 is 9.51. The molecule has 0 aromatic heterocycles. The van der Waals surface area contributed by atoms with Crippen LogP contribution in [0, 0.1) is 0 Å². The summed E-state index contributed by atoms with van der Waals surface area (Å²) in [4.78, 5) is 0. The van der Waals surface area contributed by atoms with Crippen LogP contribution in [0.1, 0.15) is 25.3 Å². The van der Waals surface area contributed by atoms with Crippen LogP contribution < -0.4 is 0 Å². The van der Waals surface area contributed by atoms with Crippen LogP contribution in [-0.4, -0.2) is 0 Å². The lowest BCUT2D eigenvalue weighted by Crippen LogP contribution is -1.94. The Bertz CT molecular complexity index is 460. The van der Waals surface area contributed by atoms with E-state index in [1.165, 1.54) is 0 Å². The molecule has 1 heteroatoms. The molecule has 15 heavy (non-hydrogen) atoms. The standard InChI is InChI=1S/C14H13Br/c1-11(12-5-3-2-4-6-12)13-7-9-14(15)10-8-13/h2-11H,1H3/i11D. The van der Waals surface area contributed by atoms with Crippen molar-refractivity contribution in [3.05, 3.63) is 70.2 Å². The molecule has 1 atom stereocenters. The zero-order chi connectivity index (χ0) is 11.6. The Morgan fingerprint density at radius 1 is 0.933 bits per heavy atom. The Morgan fingerprint density at radius 2 is 1.47 bits per heavy atom. The first-order chi connectivity index (χ1) is 7.60. The van der Waals surface area contributed by atoms with Crippen LogP contribution in [0.15, 0.2) is 59.1 Å². The Kier molecular flexibility index (Phi) is 2.83. The van der Waals surface area contributed by atoms with E-state index in [0.29, 0.717) is 0 Å². The third-order valence-electron chi connectivity index (χ3n) is 2.48. The molecule has 2 rings (SSSR count). The molecule has 0 bridgehead atoms. The van der Waals surface area contributed by atoms with Gasteiger partial charge < -0.3 is 0 Å². The molecule has 0 spiro atoms. The minimum absolute atomic E-state index is 0.692. The van der Waals surface area contributed by atoms with Gasteiger partial charge in [0.1, 0.15) is 0 Å². The smallest absolute Gasteiger partial charge is 0.0399 e. The summed E-state index contributed by atoms with van der Waals surface area (Å²) in [7, 11) is 0. The average molecular weight is 262 g/mol. The van der Waals surface area contributed by atoms with Gasteiger partial charge >= 0.3 is 0 Å². The molecule has 0 fully saturated rings. The van der Waals surface area contributed by atoms with E-state index >= 15 is 0 Å². The predicted molar refractivity (Wildman–Crippen MR) is 68.1 cm³/mol. The largest absolute Gasteiger partial charge is 0.0622 e. The Hall–Kier alpha value is -1.08. The lowest BCUT2D eigenvalue weighted by molar-refractivity contribution is 0.922. The van der Waals surface area contributed by atoms with Crippen molar-refractivity contribution in [3.8, 4) is 0 Å². The SMILES string of the molecule is [2H]C(C)(c1ccccc1)c1ccc(Br)cc1. The second kappa shape index (κ2) is 4.63. The summed E-state index contributed by atoms with van der Waals surface area (Å²) in [5, 5.41) is 0. The van der Waals surface area contributed by atoms with E-state index in [-0.39, 0.29) is 0 Å². The normalized spacial score (nSPS) is 15.5. The van der Waals surface area contributed by atoms with E-state index in [0.717, 1.165) is 15.6 Å². The minimum Gasteiger partial charge on any atom is -0.0622 e. The van der Waals surface area contributed by atoms with Crippen LogP contribution in [0.2, 0.25) is 0 Å². The van der Waals surface area contributed by atoms with Crippen LogP contribution in [0.5, 0.6) is 0 Å². The highest BCUT2D eigenvalue weighted by Gasteiger charge is 2.06. The maximum atomic E-state index is 8.46. The van der Waals surface area contributed by atoms with Gasteiger partial charge in [-0.25, -0.2) is 0 Å². The fraction of sp³-hybridized carbons (Fsp3) is 0.143. The van der Waals surface area contributed by atoms with Crippen LogP contribution in [0.3, 0.4) is 0 Å². The zero-order valence-corrected chi connectivity index (χ0v) is 10.2. The van der Waals surface area contributed by atoms with Crippen molar-refractivity contribution in [2.24, 2.45) is 0 Å². The molecule has 76 valence electrons. The molecule has 0 nitrogen and oxygen atoms in total. The van der Waals surface area contributed by atoms with E-state index in [1.807, 2.05) is 61.5 Å². The molecule has 0 amide bonds. The molecular weight excluding hydrogens is 248 g/mol. The third-order valence-corrected chi connectivity index (χ3v) is 3.01. The first-order valence-corrected chi connectivity index (χ1v) is 5.71. The first-order valence-electron chi connectivity index (χ1n) is 5.42. The van der Waals surface area contributed by atoms with Gasteiger partial charge in [-0.05, 0) is 23.3 Å². The molecule has 0 N–H and O–H groups in total. The van der Waals surface area contributed by atoms with E-state index in [4.69, 9.17) is 1.37 Å². The maximum absolute atomic E-state index is 8.46. The minimum atomic E-state index is -0.692. The van der Waals surface area contributed by atoms with Crippen molar-refractivity contribution in [2.45, 2.75) is 12.8 Å². The molecular formula is C14H13Br. The molecule has 0 saturated carbocycles. The number of rotatable bonds is 2. The van der Waals surface area contributed by atoms with Gasteiger partial charge in [0.2, 0.25) is 0 Å². The van der Waals surface area contributed by atoms with Crippen molar-refractivity contribution >= 4 is 15.9 Å². The Labute approximate surface area is 100 Å². The Morgan fingerprint density at radius 3 is 2.07 bits per heavy atom. The topological polar surface area (TPSA) is 0 Å². The van der Waals surface area contributed by atoms with E-state index < -0.39 is 5.89 Å². The van der Waals surface area contributed by atoms with Gasteiger partial charge in [-0.15, -0.1) is 0 Å². The zero-order valence-electron chi connectivity index (χ0n) is 9.57. The summed E-state index contributed by atoms with van der Waals surface area (Å²) in [5.74, 6) is -0.692. The van der Waals surface area contributed by atoms with Crippen molar-refractivity contribution in [1.82, 2.24) is 0 Å². The number of hydrogen-bond acceptors (Lipinski definition) is 0. The summed E-state index contributed by atoms with van der Waals surface area (Å²) >= 11 is 3.41. The average Bonchev–Trinajstić information content (AvgIpc) is 2.31. The molecule has 2 aromatic rings. The van der Waals surface area contributed by atoms with Crippen molar-refractivity contribution in [3.63, 3.8) is 0 Å². The van der Waals surface area contributed by atoms with Crippen LogP contribution >= 0.6 is 15.9 Å². The molecule has 0 heterocycles. The van der Waals surface area contributed by atoms with Gasteiger partial charge in [0.05, 0.1) is 0 Å². The summed E-state index contributed by atoms with van der Waals surface area (Å²) in [6.07, 6.45) is 0. The van der Waals surface area contributed by atoms with E-state index in [9.17, 15) is 0 Å². The number of benzene rings is 2. The van der Waals surface area contributed by atoms with Gasteiger partial charge in [0.15, 0.2) is 0 Å². The molecule has 0 aliphatic carbocycles. The fourth-order valence-corrected chi connectivity index (χ4v) is 1.82. The van der Waals surface area contributed by atoms with Crippen molar-refractivity contribution in [1.29, 1.82) is 0 Å². The highest BCUT2D eigenvalue weighted by atomic mass is 79.9. The quantitative estimate of drug-likeness (QED) is 0.741. The van der Waals surface area contributed by atoms with Gasteiger partial charge in [0, 0.05) is 11.7 Å². The van der Waals surface area contributed by atoms with Gasteiger partial charge in [-0.3, -0.25) is 0 Å². The van der Waals surface area contributed by atoms with Crippen LogP contribution in [0.4, 0.5) is 0 Å². The number of halogens is 1. The van der Waals surface area contributed by atoms with Gasteiger partial charge in [0.25, 0.3) is 0 Å². The van der Waals surface area contributed by atoms with Crippen molar-refractivity contribution < 1.29 is 1.37 Å². The molecule has 0 radical (unpaired) electrons. The Balaban J connectivity index is 2.43. The molecule has 0 aliphatic rings. The van der Waals surface area contributed by atoms with Crippen molar-refractivity contribution in [2.75, 3.05) is 0 Å². The highest BCUT2D eigenvalue weighted by molar-refractivity contribution is 9.10. The third kappa shape index (κ3) is 2.48. The fourth-order valence-electron chi connectivity index (χ4n) is 1.55. The first kappa shape index (κ1) is 9.17. The van der Waals surface area contributed by atoms with Crippen LogP contribution in [-0.2, 0) is 0 Å². The maximum Gasteiger partial charge on any atom is 0.0399 e. The molecule has 0 saturated heterocycles. The summed E-state index contributed by atoms with van der Waals surface area (Å²) in [6.45, 7) is 1.92. The monoisotopic (exact) mass is 261 g/mol.